The van der Waals surface area contributed by atoms with E-state index in [0.717, 1.165) is 16.9 Å². The van der Waals surface area contributed by atoms with Crippen LogP contribution in [0.2, 0.25) is 0 Å². The summed E-state index contributed by atoms with van der Waals surface area (Å²) in [6.07, 6.45) is 2.13. The van der Waals surface area contributed by atoms with Crippen LogP contribution in [0.4, 0.5) is 0 Å². The molecule has 0 aliphatic heterocycles. The fourth-order valence-electron chi connectivity index (χ4n) is 2.84. The zero-order valence-electron chi connectivity index (χ0n) is 12.5. The number of hydrogen-bond acceptors (Lipinski definition) is 0. The number of fused-ring (bicyclic) bond motifs is 1. The van der Waals surface area contributed by atoms with Gasteiger partial charge in [-0.1, -0.05) is 42.0 Å². The van der Waals surface area contributed by atoms with Crippen LogP contribution >= 0.6 is 0 Å². The summed E-state index contributed by atoms with van der Waals surface area (Å²) >= 11 is 0. The van der Waals surface area contributed by atoms with Gasteiger partial charge in [-0.3, -0.25) is 0 Å². The molecule has 0 N–H and O–H groups in total. The summed E-state index contributed by atoms with van der Waals surface area (Å²) in [7, 11) is 0. The molecular weight excluding hydrogens is 460 g/mol. The molecule has 3 heteroatoms. The van der Waals surface area contributed by atoms with E-state index in [0.29, 0.717) is 0 Å². The molecule has 23 heavy (non-hydrogen) atoms. The summed E-state index contributed by atoms with van der Waals surface area (Å²) in [5.74, 6) is 0. The Morgan fingerprint density at radius 2 is 1.22 bits per heavy atom. The minimum atomic E-state index is 0. The predicted octanol–water partition coefficient (Wildman–Crippen LogP) is 4.88. The van der Waals surface area contributed by atoms with Gasteiger partial charge < -0.3 is 0 Å². The molecule has 1 heterocycles. The van der Waals surface area contributed by atoms with Crippen molar-refractivity contribution in [3.8, 4) is 11.4 Å². The molecule has 1 radical (unpaired) electrons. The average Bonchev–Trinajstić information content (AvgIpc) is 2.96. The molecule has 0 unspecified atom stereocenters. The predicted molar refractivity (Wildman–Crippen MR) is 91.5 cm³/mol. The van der Waals surface area contributed by atoms with Crippen molar-refractivity contribution >= 4 is 11.0 Å². The maximum atomic E-state index is 4.16. The normalized spacial score (nSPS) is 10.4. The van der Waals surface area contributed by atoms with E-state index in [1.807, 2.05) is 24.3 Å². The first-order valence-corrected chi connectivity index (χ1v) is 7.33. The first-order chi connectivity index (χ1) is 10.8. The van der Waals surface area contributed by atoms with Gasteiger partial charge in [-0.05, 0) is 18.2 Å². The van der Waals surface area contributed by atoms with E-state index < -0.39 is 0 Å². The molecule has 0 aliphatic carbocycles. The number of hydrogen-bond donors (Lipinski definition) is 0. The zero-order valence-corrected chi connectivity index (χ0v) is 14.9. The Hall–Kier alpha value is -2.35. The number of benzene rings is 3. The molecule has 4 rings (SSSR count). The molecule has 0 amide bonds. The Bertz CT molecular complexity index is 942. The number of aromatic nitrogens is 2. The third-order valence-corrected chi connectivity index (χ3v) is 3.92. The van der Waals surface area contributed by atoms with Crippen LogP contribution in [0.3, 0.4) is 0 Å². The average molecular weight is 477 g/mol. The van der Waals surface area contributed by atoms with Gasteiger partial charge in [0.1, 0.15) is 5.69 Å². The van der Waals surface area contributed by atoms with E-state index in [2.05, 4.69) is 77.0 Å². The third kappa shape index (κ3) is 2.70. The van der Waals surface area contributed by atoms with Gasteiger partial charge in [0.25, 0.3) is 0 Å². The molecule has 0 spiro atoms. The van der Waals surface area contributed by atoms with E-state index in [-0.39, 0.29) is 20.1 Å². The smallest absolute Gasteiger partial charge is 0.168 e. The van der Waals surface area contributed by atoms with Crippen LogP contribution in [0, 0.1) is 6.92 Å². The summed E-state index contributed by atoms with van der Waals surface area (Å²) < 4.78 is 4.41. The SMILES string of the molecule is [CH2-]c1ccccc1-n1[cH+]n(-c2ccccc2)c2ccccc21.[Ir]. The Morgan fingerprint density at radius 3 is 1.91 bits per heavy atom. The fourth-order valence-corrected chi connectivity index (χ4v) is 2.84. The van der Waals surface area contributed by atoms with Crippen LogP contribution in [-0.2, 0) is 20.1 Å². The number of para-hydroxylation sites is 4. The van der Waals surface area contributed by atoms with Gasteiger partial charge in [-0.25, -0.2) is 4.57 Å². The number of nitrogens with zero attached hydrogens (tertiary/aromatic N) is 2. The second kappa shape index (κ2) is 6.41. The second-order valence-corrected chi connectivity index (χ2v) is 5.31. The standard InChI is InChI=1S/C20H16N2.Ir/c1-16-9-5-6-12-18(16)22-15-21(17-10-3-2-4-11-17)19-13-7-8-14-20(19)22;/h2-15H,1H2;. The van der Waals surface area contributed by atoms with E-state index >= 15 is 0 Å². The zero-order chi connectivity index (χ0) is 14.9. The van der Waals surface area contributed by atoms with Gasteiger partial charge in [0.2, 0.25) is 0 Å². The summed E-state index contributed by atoms with van der Waals surface area (Å²) in [5.41, 5.74) is 5.62. The van der Waals surface area contributed by atoms with Crippen LogP contribution in [0.1, 0.15) is 5.56 Å². The van der Waals surface area contributed by atoms with Crippen molar-refractivity contribution in [1.82, 2.24) is 9.13 Å². The summed E-state index contributed by atoms with van der Waals surface area (Å²) in [4.78, 5) is 0. The van der Waals surface area contributed by atoms with Crippen LogP contribution < -0.4 is 0 Å². The van der Waals surface area contributed by atoms with Crippen molar-refractivity contribution in [2.24, 2.45) is 0 Å². The molecule has 1 aromatic heterocycles. The van der Waals surface area contributed by atoms with E-state index in [1.165, 1.54) is 11.0 Å². The van der Waals surface area contributed by atoms with Crippen molar-refractivity contribution in [3.63, 3.8) is 0 Å². The quantitative estimate of drug-likeness (QED) is 0.365. The minimum absolute atomic E-state index is 0. The van der Waals surface area contributed by atoms with E-state index in [1.54, 1.807) is 0 Å². The van der Waals surface area contributed by atoms with Gasteiger partial charge in [0.15, 0.2) is 17.4 Å². The second-order valence-electron chi connectivity index (χ2n) is 5.31. The van der Waals surface area contributed by atoms with Crippen molar-refractivity contribution in [2.45, 2.75) is 0 Å². The van der Waals surface area contributed by atoms with Crippen molar-refractivity contribution < 1.29 is 20.1 Å². The largest absolute Gasteiger partial charge is 0.201 e. The topological polar surface area (TPSA) is 9.86 Å². The molecule has 0 atom stereocenters. The van der Waals surface area contributed by atoms with Crippen LogP contribution in [0.5, 0.6) is 0 Å². The molecule has 115 valence electrons. The molecule has 2 nitrogen and oxygen atoms in total. The van der Waals surface area contributed by atoms with Gasteiger partial charge in [0.05, 0.1) is 5.69 Å². The summed E-state index contributed by atoms with van der Waals surface area (Å²) in [6, 6.07) is 27.0. The Balaban J connectivity index is 0.00000156. The maximum Gasteiger partial charge on any atom is 0.168 e. The van der Waals surface area contributed by atoms with Crippen molar-refractivity contribution in [1.29, 1.82) is 0 Å². The van der Waals surface area contributed by atoms with Crippen molar-refractivity contribution in [3.05, 3.63) is 97.7 Å². The summed E-state index contributed by atoms with van der Waals surface area (Å²) in [6.45, 7) is 4.16. The molecule has 0 aliphatic rings. The van der Waals surface area contributed by atoms with Gasteiger partial charge in [-0.2, -0.15) is 11.5 Å². The number of imidazole rings is 1. The van der Waals surface area contributed by atoms with Crippen LogP contribution in [0.25, 0.3) is 22.4 Å². The molecule has 0 fully saturated rings. The Labute approximate surface area is 149 Å². The van der Waals surface area contributed by atoms with E-state index in [9.17, 15) is 0 Å². The van der Waals surface area contributed by atoms with Crippen LogP contribution in [-0.4, -0.2) is 9.13 Å². The van der Waals surface area contributed by atoms with Crippen molar-refractivity contribution in [2.75, 3.05) is 0 Å². The third-order valence-electron chi connectivity index (χ3n) is 3.92. The number of rotatable bonds is 2. The monoisotopic (exact) mass is 477 g/mol. The summed E-state index contributed by atoms with van der Waals surface area (Å²) in [5, 5.41) is 0. The molecule has 0 saturated heterocycles. The molecule has 3 aromatic carbocycles. The minimum Gasteiger partial charge on any atom is -0.201 e. The molecular formula is C20H16IrN2. The molecule has 4 aromatic rings. The van der Waals surface area contributed by atoms with Crippen LogP contribution in [0.15, 0.2) is 85.2 Å². The first kappa shape index (κ1) is 15.5. The Morgan fingerprint density at radius 1 is 0.652 bits per heavy atom. The first-order valence-electron chi connectivity index (χ1n) is 7.33. The maximum absolute atomic E-state index is 4.16. The fraction of sp³-hybridized carbons (Fsp3) is 0. The van der Waals surface area contributed by atoms with Gasteiger partial charge in [-0.15, -0.1) is 12.1 Å². The van der Waals surface area contributed by atoms with E-state index in [4.69, 9.17) is 0 Å². The Kier molecular flexibility index (Phi) is 4.33. The van der Waals surface area contributed by atoms with Gasteiger partial charge in [0, 0.05) is 32.2 Å². The van der Waals surface area contributed by atoms with Gasteiger partial charge >= 0.3 is 0 Å². The molecule has 0 bridgehead atoms. The molecule has 0 saturated carbocycles.